The summed E-state index contributed by atoms with van der Waals surface area (Å²) < 4.78 is 5.68. The quantitative estimate of drug-likeness (QED) is 0.188. The topological polar surface area (TPSA) is 51.8 Å². The number of aromatic nitrogens is 3. The first-order valence-electron chi connectivity index (χ1n) is 11.1. The molecule has 0 aliphatic rings. The molecule has 4 nitrogen and oxygen atoms in total. The van der Waals surface area contributed by atoms with Crippen LogP contribution in [0.25, 0.3) is 44.4 Å². The maximum atomic E-state index is 5.68. The fourth-order valence-corrected chi connectivity index (χ4v) is 3.90. The molecule has 6 rings (SSSR count). The molecule has 0 aliphatic carbocycles. The van der Waals surface area contributed by atoms with Crippen molar-refractivity contribution in [2.75, 3.05) is 0 Å². The van der Waals surface area contributed by atoms with Crippen LogP contribution >= 0.6 is 0 Å². The Morgan fingerprint density at radius 1 is 0.771 bits per heavy atom. The summed E-state index contributed by atoms with van der Waals surface area (Å²) in [6.45, 7) is 5.98. The van der Waals surface area contributed by atoms with Crippen molar-refractivity contribution < 1.29 is 24.5 Å². The Bertz CT molecular complexity index is 1590. The van der Waals surface area contributed by atoms with Gasteiger partial charge in [-0.25, -0.2) is 4.98 Å². The van der Waals surface area contributed by atoms with E-state index < -0.39 is 0 Å². The van der Waals surface area contributed by atoms with Gasteiger partial charge in [0.25, 0.3) is 0 Å². The number of aryl methyl sites for hydroxylation is 3. The van der Waals surface area contributed by atoms with Crippen LogP contribution in [0.3, 0.4) is 0 Å². The minimum Gasteiger partial charge on any atom is -0.444 e. The average Bonchev–Trinajstić information content (AvgIpc) is 3.18. The summed E-state index contributed by atoms with van der Waals surface area (Å²) in [5, 5.41) is 3.32. The maximum absolute atomic E-state index is 5.68. The molecule has 3 aromatic heterocycles. The maximum Gasteiger partial charge on any atom is 0.220 e. The van der Waals surface area contributed by atoms with E-state index >= 15 is 0 Å². The molecule has 0 N–H and O–H groups in total. The zero-order chi connectivity index (χ0) is 23.5. The minimum absolute atomic E-state index is 0. The van der Waals surface area contributed by atoms with E-state index in [-0.39, 0.29) is 20.1 Å². The molecule has 0 unspecified atom stereocenters. The van der Waals surface area contributed by atoms with Gasteiger partial charge < -0.3 is 9.40 Å². The van der Waals surface area contributed by atoms with Crippen molar-refractivity contribution in [1.82, 2.24) is 15.0 Å². The molecule has 0 spiro atoms. The molecule has 0 aliphatic heterocycles. The first-order chi connectivity index (χ1) is 16.6. The van der Waals surface area contributed by atoms with Gasteiger partial charge in [-0.3, -0.25) is 4.98 Å². The van der Waals surface area contributed by atoms with Gasteiger partial charge in [-0.1, -0.05) is 41.8 Å². The number of nitrogens with zero attached hydrogens (tertiary/aromatic N) is 3. The van der Waals surface area contributed by atoms with Crippen LogP contribution in [-0.2, 0) is 20.1 Å². The third kappa shape index (κ3) is 5.22. The fraction of sp³-hybridized carbons (Fsp3) is 0.100. The van der Waals surface area contributed by atoms with Crippen molar-refractivity contribution in [3.8, 4) is 22.5 Å². The van der Waals surface area contributed by atoms with Crippen LogP contribution in [0.1, 0.15) is 17.0 Å². The largest absolute Gasteiger partial charge is 0.444 e. The van der Waals surface area contributed by atoms with Gasteiger partial charge in [-0.15, -0.1) is 65.0 Å². The Kier molecular flexibility index (Phi) is 7.50. The Morgan fingerprint density at radius 2 is 1.57 bits per heavy atom. The SMILES string of the molecule is Cc1cccc(-c2[c-]cccc2)n1.Cc1oc2ncnc(-c3[c-]cc4ccccc4c3)c2c1C.[Ir]. The summed E-state index contributed by atoms with van der Waals surface area (Å²) in [5.41, 5.74) is 6.63. The molecule has 3 heterocycles. The van der Waals surface area contributed by atoms with E-state index in [1.54, 1.807) is 6.33 Å². The second-order valence-electron chi connectivity index (χ2n) is 8.10. The van der Waals surface area contributed by atoms with Crippen LogP contribution in [0.5, 0.6) is 0 Å². The van der Waals surface area contributed by atoms with E-state index in [1.165, 1.54) is 10.8 Å². The summed E-state index contributed by atoms with van der Waals surface area (Å²) in [4.78, 5) is 13.1. The second kappa shape index (κ2) is 10.7. The van der Waals surface area contributed by atoms with Gasteiger partial charge in [-0.05, 0) is 38.1 Å². The Hall–Kier alpha value is -3.66. The predicted molar refractivity (Wildman–Crippen MR) is 136 cm³/mol. The van der Waals surface area contributed by atoms with Gasteiger partial charge in [0.1, 0.15) is 12.1 Å². The average molecular weight is 634 g/mol. The van der Waals surface area contributed by atoms with E-state index in [1.807, 2.05) is 81.4 Å². The molecule has 175 valence electrons. The molecule has 0 saturated carbocycles. The number of hydrogen-bond donors (Lipinski definition) is 0. The number of fused-ring (bicyclic) bond motifs is 2. The van der Waals surface area contributed by atoms with Gasteiger partial charge in [0.15, 0.2) is 0 Å². The van der Waals surface area contributed by atoms with E-state index in [0.717, 1.165) is 44.9 Å². The van der Waals surface area contributed by atoms with E-state index in [4.69, 9.17) is 4.42 Å². The van der Waals surface area contributed by atoms with Crippen LogP contribution in [0.2, 0.25) is 0 Å². The van der Waals surface area contributed by atoms with Gasteiger partial charge >= 0.3 is 0 Å². The Balaban J connectivity index is 0.000000179. The Labute approximate surface area is 218 Å². The van der Waals surface area contributed by atoms with Gasteiger partial charge in [0.05, 0.1) is 0 Å². The zero-order valence-electron chi connectivity index (χ0n) is 19.7. The first kappa shape index (κ1) is 24.5. The fourth-order valence-electron chi connectivity index (χ4n) is 3.90. The van der Waals surface area contributed by atoms with Crippen molar-refractivity contribution in [3.63, 3.8) is 0 Å². The minimum atomic E-state index is 0. The number of pyridine rings is 1. The normalized spacial score (nSPS) is 10.5. The molecule has 1 radical (unpaired) electrons. The summed E-state index contributed by atoms with van der Waals surface area (Å²) in [7, 11) is 0. The second-order valence-corrected chi connectivity index (χ2v) is 8.10. The van der Waals surface area contributed by atoms with Crippen LogP contribution in [-0.4, -0.2) is 15.0 Å². The monoisotopic (exact) mass is 634 g/mol. The molecule has 5 heteroatoms. The van der Waals surface area contributed by atoms with E-state index in [0.29, 0.717) is 5.71 Å². The molecule has 0 atom stereocenters. The molecule has 0 fully saturated rings. The molecular formula is C30H23IrN3O-2. The third-order valence-electron chi connectivity index (χ3n) is 5.77. The molecule has 0 amide bonds. The molecular weight excluding hydrogens is 611 g/mol. The molecule has 0 saturated heterocycles. The van der Waals surface area contributed by atoms with Crippen molar-refractivity contribution >= 4 is 21.9 Å². The standard InChI is InChI=1S/C18H13N2O.C12H10N.Ir/c1-11-12(2)21-18-16(11)17(19-10-20-18)15-8-7-13-5-3-4-6-14(13)9-15;1-10-6-5-9-12(13-10)11-7-3-2-4-8-11;/h3-7,9-10H,1-2H3;2-7,9H,1H3;/q2*-1;. The van der Waals surface area contributed by atoms with E-state index in [2.05, 4.69) is 45.3 Å². The van der Waals surface area contributed by atoms with Crippen LogP contribution in [0.4, 0.5) is 0 Å². The zero-order valence-corrected chi connectivity index (χ0v) is 22.1. The number of hydrogen-bond acceptors (Lipinski definition) is 4. The van der Waals surface area contributed by atoms with Crippen LogP contribution in [0.15, 0.2) is 89.6 Å². The van der Waals surface area contributed by atoms with Gasteiger partial charge in [0.2, 0.25) is 5.71 Å². The van der Waals surface area contributed by atoms with Crippen molar-refractivity contribution in [1.29, 1.82) is 0 Å². The first-order valence-corrected chi connectivity index (χ1v) is 11.1. The summed E-state index contributed by atoms with van der Waals surface area (Å²) in [5.74, 6) is 0.882. The summed E-state index contributed by atoms with van der Waals surface area (Å²) >= 11 is 0. The third-order valence-corrected chi connectivity index (χ3v) is 5.77. The number of rotatable bonds is 2. The summed E-state index contributed by atoms with van der Waals surface area (Å²) in [6.07, 6.45) is 1.54. The van der Waals surface area contributed by atoms with Gasteiger partial charge in [-0.2, -0.15) is 0 Å². The van der Waals surface area contributed by atoms with Crippen LogP contribution in [0, 0.1) is 32.9 Å². The molecule has 0 bridgehead atoms. The van der Waals surface area contributed by atoms with Crippen LogP contribution < -0.4 is 0 Å². The van der Waals surface area contributed by atoms with Gasteiger partial charge in [0, 0.05) is 36.9 Å². The van der Waals surface area contributed by atoms with Crippen molar-refractivity contribution in [3.05, 3.63) is 114 Å². The van der Waals surface area contributed by atoms with Crippen molar-refractivity contribution in [2.24, 2.45) is 0 Å². The smallest absolute Gasteiger partial charge is 0.220 e. The van der Waals surface area contributed by atoms with E-state index in [9.17, 15) is 0 Å². The Morgan fingerprint density at radius 3 is 2.34 bits per heavy atom. The predicted octanol–water partition coefficient (Wildman–Crippen LogP) is 7.31. The van der Waals surface area contributed by atoms with Crippen molar-refractivity contribution in [2.45, 2.75) is 20.8 Å². The molecule has 6 aromatic rings. The number of furan rings is 1. The summed E-state index contributed by atoms with van der Waals surface area (Å²) in [6, 6.07) is 32.7. The molecule has 3 aromatic carbocycles. The number of benzene rings is 3. The molecule has 35 heavy (non-hydrogen) atoms.